The van der Waals surface area contributed by atoms with Gasteiger partial charge in [0, 0.05) is 23.0 Å². The first-order valence-electron chi connectivity index (χ1n) is 11.4. The van der Waals surface area contributed by atoms with E-state index in [0.29, 0.717) is 6.04 Å². The second-order valence-electron chi connectivity index (χ2n) is 8.82. The van der Waals surface area contributed by atoms with Gasteiger partial charge in [-0.3, -0.25) is 4.79 Å². The van der Waals surface area contributed by atoms with Crippen molar-refractivity contribution < 1.29 is 50.9 Å². The molecule has 1 saturated carbocycles. The zero-order valence-corrected chi connectivity index (χ0v) is 21.2. The van der Waals surface area contributed by atoms with Crippen molar-refractivity contribution in [3.8, 4) is 0 Å². The van der Waals surface area contributed by atoms with Crippen LogP contribution in [0.5, 0.6) is 0 Å². The van der Waals surface area contributed by atoms with Crippen LogP contribution in [0.15, 0.2) is 12.1 Å². The molecule has 1 aliphatic heterocycles. The molecular formula is C22H31F6N3O5S. The molecule has 1 saturated heterocycles. The summed E-state index contributed by atoms with van der Waals surface area (Å²) in [6.07, 6.45) is -1.52. The van der Waals surface area contributed by atoms with Gasteiger partial charge in [0.25, 0.3) is 5.91 Å². The van der Waals surface area contributed by atoms with E-state index in [1.807, 2.05) is 6.07 Å². The maximum absolute atomic E-state index is 12.5. The molecular weight excluding hydrogens is 532 g/mol. The fourth-order valence-corrected chi connectivity index (χ4v) is 4.95. The molecule has 1 aromatic heterocycles. The highest BCUT2D eigenvalue weighted by Gasteiger charge is 2.39. The molecule has 1 aromatic rings. The van der Waals surface area contributed by atoms with E-state index in [-0.39, 0.29) is 11.4 Å². The van der Waals surface area contributed by atoms with E-state index >= 15 is 0 Å². The topological polar surface area (TPSA) is 119 Å². The van der Waals surface area contributed by atoms with Crippen LogP contribution in [0.25, 0.3) is 0 Å². The minimum Gasteiger partial charge on any atom is -0.475 e. The molecule has 0 radical (unpaired) electrons. The number of nitrogens with zero attached hydrogens (tertiary/aromatic N) is 1. The van der Waals surface area contributed by atoms with Gasteiger partial charge in [-0.1, -0.05) is 19.3 Å². The first-order valence-corrected chi connectivity index (χ1v) is 12.2. The third-order valence-electron chi connectivity index (χ3n) is 6.05. The third kappa shape index (κ3) is 10.9. The Morgan fingerprint density at radius 2 is 1.51 bits per heavy atom. The highest BCUT2D eigenvalue weighted by Crippen LogP contribution is 2.32. The summed E-state index contributed by atoms with van der Waals surface area (Å²) in [7, 11) is 4.29. The number of likely N-dealkylation sites (N-methyl/N-ethyl adjacent to an activating group) is 1. The predicted molar refractivity (Wildman–Crippen MR) is 124 cm³/mol. The lowest BCUT2D eigenvalue weighted by Crippen LogP contribution is -2.53. The van der Waals surface area contributed by atoms with Crippen molar-refractivity contribution in [2.45, 2.75) is 68.9 Å². The Hall–Kier alpha value is -2.39. The maximum atomic E-state index is 12.5. The summed E-state index contributed by atoms with van der Waals surface area (Å²) < 4.78 is 63.5. The number of carboxylic acid groups (broad SMARTS) is 2. The third-order valence-corrected chi connectivity index (χ3v) is 7.25. The van der Waals surface area contributed by atoms with Crippen molar-refractivity contribution in [1.29, 1.82) is 0 Å². The molecule has 0 aromatic carbocycles. The minimum atomic E-state index is -5.08. The second-order valence-corrected chi connectivity index (χ2v) is 9.93. The molecule has 37 heavy (non-hydrogen) atoms. The van der Waals surface area contributed by atoms with Gasteiger partial charge in [-0.05, 0) is 58.5 Å². The van der Waals surface area contributed by atoms with Gasteiger partial charge < -0.3 is 25.7 Å². The van der Waals surface area contributed by atoms with Gasteiger partial charge in [0.05, 0.1) is 4.88 Å². The Labute approximate surface area is 214 Å². The van der Waals surface area contributed by atoms with E-state index in [1.165, 1.54) is 49.8 Å². The summed E-state index contributed by atoms with van der Waals surface area (Å²) in [5, 5.41) is 21.0. The number of aliphatic carboxylic acids is 2. The number of rotatable bonds is 5. The largest absolute Gasteiger partial charge is 0.490 e. The molecule has 0 spiro atoms. The fourth-order valence-electron chi connectivity index (χ4n) is 3.91. The number of hydrogen-bond donors (Lipinski definition) is 4. The minimum absolute atomic E-state index is 0.0889. The fraction of sp³-hybridized carbons (Fsp3) is 0.682. The van der Waals surface area contributed by atoms with E-state index in [4.69, 9.17) is 19.8 Å². The van der Waals surface area contributed by atoms with Gasteiger partial charge in [-0.15, -0.1) is 11.3 Å². The Morgan fingerprint density at radius 1 is 1.00 bits per heavy atom. The number of thiophene rings is 1. The lowest BCUT2D eigenvalue weighted by molar-refractivity contribution is -0.193. The molecule has 1 atom stereocenters. The van der Waals surface area contributed by atoms with E-state index in [9.17, 15) is 31.1 Å². The van der Waals surface area contributed by atoms with Crippen LogP contribution in [0.3, 0.4) is 0 Å². The van der Waals surface area contributed by atoms with Crippen LogP contribution in [0.2, 0.25) is 0 Å². The highest BCUT2D eigenvalue weighted by molar-refractivity contribution is 7.14. The first-order chi connectivity index (χ1) is 17.0. The zero-order valence-electron chi connectivity index (χ0n) is 20.3. The number of carboxylic acids is 2. The number of carbonyl (C=O) groups is 3. The Bertz CT molecular complexity index is 868. The van der Waals surface area contributed by atoms with Gasteiger partial charge in [0.1, 0.15) is 0 Å². The second kappa shape index (κ2) is 14.0. The Kier molecular flexibility index (Phi) is 12.3. The molecule has 2 aliphatic rings. The number of carbonyl (C=O) groups excluding carboxylic acids is 1. The molecule has 4 N–H and O–H groups in total. The van der Waals surface area contributed by atoms with Crippen LogP contribution in [0.4, 0.5) is 26.3 Å². The van der Waals surface area contributed by atoms with Crippen LogP contribution in [0, 0.1) is 0 Å². The molecule has 1 aliphatic carbocycles. The summed E-state index contributed by atoms with van der Waals surface area (Å²) in [5.74, 6) is -5.42. The average Bonchev–Trinajstić information content (AvgIpc) is 3.49. The summed E-state index contributed by atoms with van der Waals surface area (Å²) in [6, 6.07) is 4.55. The van der Waals surface area contributed by atoms with Crippen molar-refractivity contribution in [3.63, 3.8) is 0 Å². The van der Waals surface area contributed by atoms with Crippen LogP contribution in [-0.2, 0) is 9.59 Å². The zero-order chi connectivity index (χ0) is 28.4. The van der Waals surface area contributed by atoms with E-state index in [2.05, 4.69) is 35.7 Å². The molecule has 8 nitrogen and oxygen atoms in total. The van der Waals surface area contributed by atoms with Crippen molar-refractivity contribution >= 4 is 29.2 Å². The van der Waals surface area contributed by atoms with Crippen LogP contribution < -0.4 is 10.6 Å². The molecule has 1 amide bonds. The van der Waals surface area contributed by atoms with Crippen molar-refractivity contribution in [3.05, 3.63) is 21.9 Å². The van der Waals surface area contributed by atoms with Gasteiger partial charge in [-0.25, -0.2) is 9.59 Å². The smallest absolute Gasteiger partial charge is 0.475 e. The average molecular weight is 564 g/mol. The summed E-state index contributed by atoms with van der Waals surface area (Å²) in [4.78, 5) is 34.8. The maximum Gasteiger partial charge on any atom is 0.490 e. The monoisotopic (exact) mass is 563 g/mol. The number of amides is 1. The first kappa shape index (κ1) is 32.6. The summed E-state index contributed by atoms with van der Waals surface area (Å²) >= 11 is 1.64. The molecule has 212 valence electrons. The number of alkyl halides is 6. The van der Waals surface area contributed by atoms with Crippen LogP contribution in [-0.4, -0.2) is 78.0 Å². The molecule has 0 bridgehead atoms. The predicted octanol–water partition coefficient (Wildman–Crippen LogP) is 4.43. The normalized spacial score (nSPS) is 19.2. The highest BCUT2D eigenvalue weighted by atomic mass is 32.1. The SMILES string of the molecule is CN(C)C1(CNC(=O)c2ccc(C3CCCN3)s2)CCCCC1.O=C(O)C(F)(F)F.O=C(O)C(F)(F)F. The van der Waals surface area contributed by atoms with Gasteiger partial charge >= 0.3 is 24.3 Å². The molecule has 2 fully saturated rings. The van der Waals surface area contributed by atoms with E-state index < -0.39 is 24.3 Å². The number of hydrogen-bond acceptors (Lipinski definition) is 6. The lowest BCUT2D eigenvalue weighted by Gasteiger charge is -2.43. The standard InChI is InChI=1S/C18H29N3OS.2C2HF3O2/c1-21(2)18(10-4-3-5-11-18)13-20-17(22)16-9-8-15(23-16)14-7-6-12-19-14;2*3-2(4,5)1(6)7/h8-9,14,19H,3-7,10-13H2,1-2H3,(H,20,22);2*(H,6,7). The van der Waals surface area contributed by atoms with Crippen molar-refractivity contribution in [2.24, 2.45) is 0 Å². The molecule has 1 unspecified atom stereocenters. The number of nitrogens with one attached hydrogen (secondary N) is 2. The van der Waals surface area contributed by atoms with E-state index in [1.54, 1.807) is 11.3 Å². The van der Waals surface area contributed by atoms with Gasteiger partial charge in [0.15, 0.2) is 0 Å². The van der Waals surface area contributed by atoms with Crippen LogP contribution >= 0.6 is 11.3 Å². The Balaban J connectivity index is 0.000000404. The summed E-state index contributed by atoms with van der Waals surface area (Å²) in [5.41, 5.74) is 0.140. The quantitative estimate of drug-likeness (QED) is 0.392. The summed E-state index contributed by atoms with van der Waals surface area (Å²) in [6.45, 7) is 1.85. The van der Waals surface area contributed by atoms with Crippen molar-refractivity contribution in [1.82, 2.24) is 15.5 Å². The molecule has 2 heterocycles. The van der Waals surface area contributed by atoms with Gasteiger partial charge in [-0.2, -0.15) is 26.3 Å². The number of halogens is 6. The van der Waals surface area contributed by atoms with E-state index in [0.717, 1.165) is 18.0 Å². The Morgan fingerprint density at radius 3 is 1.92 bits per heavy atom. The molecule has 3 rings (SSSR count). The van der Waals surface area contributed by atoms with Crippen LogP contribution in [0.1, 0.15) is 65.5 Å². The van der Waals surface area contributed by atoms with Crippen molar-refractivity contribution in [2.75, 3.05) is 27.2 Å². The van der Waals surface area contributed by atoms with Gasteiger partial charge in [0.2, 0.25) is 0 Å². The lowest BCUT2D eigenvalue weighted by atomic mass is 9.80. The molecule has 15 heteroatoms.